The molecule has 0 radical (unpaired) electrons. The lowest BCUT2D eigenvalue weighted by Gasteiger charge is -2.46. The van der Waals surface area contributed by atoms with Gasteiger partial charge in [-0.05, 0) is 70.6 Å². The van der Waals surface area contributed by atoms with E-state index in [1.165, 1.54) is 148 Å². The highest BCUT2D eigenvalue weighted by molar-refractivity contribution is 5.76. The Morgan fingerprint density at radius 2 is 0.882 bits per heavy atom. The van der Waals surface area contributed by atoms with Crippen LogP contribution in [0.3, 0.4) is 0 Å². The van der Waals surface area contributed by atoms with Gasteiger partial charge in [0.1, 0.15) is 48.8 Å². The van der Waals surface area contributed by atoms with Gasteiger partial charge in [0, 0.05) is 6.42 Å². The van der Waals surface area contributed by atoms with E-state index in [1.54, 1.807) is 6.08 Å². The summed E-state index contributed by atoms with van der Waals surface area (Å²) in [4.78, 5) is 13.3. The molecule has 0 aromatic heterocycles. The largest absolute Gasteiger partial charge is 0.394 e. The van der Waals surface area contributed by atoms with E-state index in [9.17, 15) is 45.6 Å². The van der Waals surface area contributed by atoms with Crippen molar-refractivity contribution in [2.75, 3.05) is 19.8 Å². The molecule has 14 nitrogen and oxygen atoms in total. The maximum Gasteiger partial charge on any atom is 0.220 e. The average molecular weight is 1080 g/mol. The third-order valence-electron chi connectivity index (χ3n) is 14.7. The summed E-state index contributed by atoms with van der Waals surface area (Å²) < 4.78 is 22.8. The topological polar surface area (TPSA) is 228 Å². The number of ether oxygens (including phenoxy) is 4. The molecule has 0 aliphatic carbocycles. The van der Waals surface area contributed by atoms with Crippen molar-refractivity contribution >= 4 is 5.91 Å². The number of carbonyl (C=O) groups excluding carboxylic acids is 1. The summed E-state index contributed by atoms with van der Waals surface area (Å²) in [7, 11) is 0. The molecule has 2 rings (SSSR count). The number of rotatable bonds is 48. The first-order valence-electron chi connectivity index (χ1n) is 30.5. The first-order valence-corrected chi connectivity index (χ1v) is 30.5. The Kier molecular flexibility index (Phi) is 43.6. The SMILES string of the molecule is CCCCCCC/C=C\C/C=C\C/C=C\CCCCCCCCCCCCC(=O)NC(COC1OC(CO)C(OC2OC(CO)C(O)C(O)C2O)C(O)C1O)C(O)/C=C/CC/C=C/CCCCCCCCCCCCC. The standard InChI is InChI=1S/C62H111NO13/c1-3-5-7-9-11-13-15-17-19-21-22-23-24-25-26-27-28-30-32-34-36-38-40-42-44-46-54(67)63-50(51(66)45-43-41-39-37-35-33-31-29-20-18-16-14-12-10-8-6-4-2)49-73-61-59(72)57(70)60(53(48-65)75-61)76-62-58(71)56(69)55(68)52(47-64)74-62/h15,17,21-22,24-25,35,37,43,45,50-53,55-62,64-66,68-72H,3-14,16,18-20,23,26-34,36,38-42,44,46-49H2,1-2H3,(H,63,67)/b17-15-,22-21-,25-24-,37-35+,45-43+. The second kappa shape index (κ2) is 47.5. The molecule has 76 heavy (non-hydrogen) atoms. The maximum absolute atomic E-state index is 13.3. The molecule has 0 aromatic carbocycles. The molecule has 12 unspecified atom stereocenters. The van der Waals surface area contributed by atoms with Gasteiger partial charge < -0.3 is 65.1 Å². The molecule has 2 aliphatic heterocycles. The Labute approximate surface area is 460 Å². The van der Waals surface area contributed by atoms with Crippen molar-refractivity contribution in [2.24, 2.45) is 0 Å². The molecule has 1 amide bonds. The quantitative estimate of drug-likeness (QED) is 0.0204. The Hall–Kier alpha value is -2.31. The van der Waals surface area contributed by atoms with Crippen molar-refractivity contribution in [3.8, 4) is 0 Å². The molecule has 12 atom stereocenters. The molecule has 0 aromatic rings. The Bertz CT molecular complexity index is 1510. The van der Waals surface area contributed by atoms with Gasteiger partial charge in [-0.25, -0.2) is 0 Å². The minimum absolute atomic E-state index is 0.254. The molecule has 14 heteroatoms. The highest BCUT2D eigenvalue weighted by atomic mass is 16.7. The van der Waals surface area contributed by atoms with E-state index in [2.05, 4.69) is 67.8 Å². The normalized spacial score (nSPS) is 25.3. The summed E-state index contributed by atoms with van der Waals surface area (Å²) in [5, 5.41) is 87.1. The fraction of sp³-hybridized carbons (Fsp3) is 0.823. The van der Waals surface area contributed by atoms with E-state index in [0.29, 0.717) is 12.8 Å². The number of aliphatic hydroxyl groups excluding tert-OH is 8. The number of unbranched alkanes of at least 4 members (excludes halogenated alkanes) is 27. The van der Waals surface area contributed by atoms with Crippen LogP contribution in [-0.2, 0) is 23.7 Å². The van der Waals surface area contributed by atoms with Crippen molar-refractivity contribution in [3.63, 3.8) is 0 Å². The van der Waals surface area contributed by atoms with Gasteiger partial charge in [0.25, 0.3) is 0 Å². The number of carbonyl (C=O) groups is 1. The lowest BCUT2D eigenvalue weighted by atomic mass is 9.97. The van der Waals surface area contributed by atoms with Crippen LogP contribution in [0.5, 0.6) is 0 Å². The second-order valence-corrected chi connectivity index (χ2v) is 21.5. The fourth-order valence-electron chi connectivity index (χ4n) is 9.73. The van der Waals surface area contributed by atoms with Crippen molar-refractivity contribution in [3.05, 3.63) is 60.8 Å². The van der Waals surface area contributed by atoms with Crippen LogP contribution in [0.25, 0.3) is 0 Å². The van der Waals surface area contributed by atoms with Gasteiger partial charge in [-0.15, -0.1) is 0 Å². The van der Waals surface area contributed by atoms with Crippen molar-refractivity contribution in [2.45, 2.75) is 306 Å². The zero-order valence-electron chi connectivity index (χ0n) is 47.5. The van der Waals surface area contributed by atoms with Crippen LogP contribution >= 0.6 is 0 Å². The van der Waals surface area contributed by atoms with Gasteiger partial charge in [-0.1, -0.05) is 216 Å². The Morgan fingerprint density at radius 3 is 1.38 bits per heavy atom. The van der Waals surface area contributed by atoms with Crippen molar-refractivity contribution in [1.82, 2.24) is 5.32 Å². The molecular formula is C62H111NO13. The smallest absolute Gasteiger partial charge is 0.220 e. The monoisotopic (exact) mass is 1080 g/mol. The first-order chi connectivity index (χ1) is 37.1. The Morgan fingerprint density at radius 1 is 0.474 bits per heavy atom. The lowest BCUT2D eigenvalue weighted by molar-refractivity contribution is -0.359. The summed E-state index contributed by atoms with van der Waals surface area (Å²) >= 11 is 0. The third-order valence-corrected chi connectivity index (χ3v) is 14.7. The highest BCUT2D eigenvalue weighted by Gasteiger charge is 2.51. The predicted octanol–water partition coefficient (Wildman–Crippen LogP) is 10.6. The number of amides is 1. The van der Waals surface area contributed by atoms with Gasteiger partial charge in [0.05, 0.1) is 32.0 Å². The highest BCUT2D eigenvalue weighted by Crippen LogP contribution is 2.30. The second-order valence-electron chi connectivity index (χ2n) is 21.5. The number of allylic oxidation sites excluding steroid dienone is 9. The summed E-state index contributed by atoms with van der Waals surface area (Å²) in [5.74, 6) is -0.254. The van der Waals surface area contributed by atoms with Crippen LogP contribution in [0.1, 0.15) is 232 Å². The van der Waals surface area contributed by atoms with Crippen LogP contribution in [0.15, 0.2) is 60.8 Å². The summed E-state index contributed by atoms with van der Waals surface area (Å²) in [5.41, 5.74) is 0. The van der Waals surface area contributed by atoms with E-state index in [4.69, 9.17) is 18.9 Å². The van der Waals surface area contributed by atoms with E-state index in [0.717, 1.165) is 51.4 Å². The van der Waals surface area contributed by atoms with Crippen LogP contribution in [0.2, 0.25) is 0 Å². The molecule has 0 spiro atoms. The van der Waals surface area contributed by atoms with Crippen molar-refractivity contribution < 1.29 is 64.6 Å². The number of aliphatic hydroxyl groups is 8. The van der Waals surface area contributed by atoms with Crippen LogP contribution < -0.4 is 5.32 Å². The molecule has 2 heterocycles. The van der Waals surface area contributed by atoms with Gasteiger partial charge in [0.2, 0.25) is 5.91 Å². The van der Waals surface area contributed by atoms with Crippen LogP contribution in [0.4, 0.5) is 0 Å². The third kappa shape index (κ3) is 32.7. The van der Waals surface area contributed by atoms with Crippen molar-refractivity contribution in [1.29, 1.82) is 0 Å². The molecule has 442 valence electrons. The number of hydrogen-bond donors (Lipinski definition) is 9. The summed E-state index contributed by atoms with van der Waals surface area (Å²) in [6.45, 7) is 2.77. The molecule has 2 fully saturated rings. The maximum atomic E-state index is 13.3. The van der Waals surface area contributed by atoms with Crippen LogP contribution in [-0.4, -0.2) is 140 Å². The average Bonchev–Trinajstić information content (AvgIpc) is 3.42. The number of hydrogen-bond acceptors (Lipinski definition) is 13. The van der Waals surface area contributed by atoms with E-state index in [1.807, 2.05) is 6.08 Å². The Balaban J connectivity index is 1.76. The van der Waals surface area contributed by atoms with E-state index < -0.39 is 86.8 Å². The minimum Gasteiger partial charge on any atom is -0.394 e. The zero-order valence-corrected chi connectivity index (χ0v) is 47.5. The van der Waals surface area contributed by atoms with E-state index >= 15 is 0 Å². The number of nitrogens with one attached hydrogen (secondary N) is 1. The molecule has 2 aliphatic rings. The first kappa shape index (κ1) is 69.8. The summed E-state index contributed by atoms with van der Waals surface area (Å²) in [6.07, 6.45) is 44.0. The fourth-order valence-corrected chi connectivity index (χ4v) is 9.73. The summed E-state index contributed by atoms with van der Waals surface area (Å²) in [6, 6.07) is -0.936. The van der Waals surface area contributed by atoms with Gasteiger partial charge in [-0.3, -0.25) is 4.79 Å². The molecule has 9 N–H and O–H groups in total. The van der Waals surface area contributed by atoms with Gasteiger partial charge in [-0.2, -0.15) is 0 Å². The molecule has 2 saturated heterocycles. The molecular weight excluding hydrogens is 967 g/mol. The van der Waals surface area contributed by atoms with E-state index in [-0.39, 0.29) is 18.9 Å². The van der Waals surface area contributed by atoms with Crippen LogP contribution in [0, 0.1) is 0 Å². The minimum atomic E-state index is -1.79. The van der Waals surface area contributed by atoms with Gasteiger partial charge >= 0.3 is 0 Å². The molecule has 0 bridgehead atoms. The zero-order chi connectivity index (χ0) is 55.3. The predicted molar refractivity (Wildman–Crippen MR) is 304 cm³/mol. The van der Waals surface area contributed by atoms with Gasteiger partial charge in [0.15, 0.2) is 12.6 Å². The lowest BCUT2D eigenvalue weighted by Crippen LogP contribution is -2.65. The molecule has 0 saturated carbocycles.